The number of nitrogens with zero attached hydrogens (tertiary/aromatic N) is 2. The van der Waals surface area contributed by atoms with Gasteiger partial charge in [0.2, 0.25) is 0 Å². The molecule has 0 fully saturated rings. The molecule has 136 valence electrons. The molecule has 0 saturated carbocycles. The number of sulfonamides is 1. The number of carbonyl (C=O) groups is 1. The van der Waals surface area contributed by atoms with Gasteiger partial charge in [-0.25, -0.2) is 13.4 Å². The van der Waals surface area contributed by atoms with Gasteiger partial charge in [-0.05, 0) is 36.4 Å². The highest BCUT2D eigenvalue weighted by atomic mass is 32.2. The van der Waals surface area contributed by atoms with Crippen LogP contribution in [-0.2, 0) is 10.0 Å². The van der Waals surface area contributed by atoms with E-state index >= 15 is 0 Å². The van der Waals surface area contributed by atoms with E-state index in [0.717, 1.165) is 0 Å². The molecule has 1 aromatic carbocycles. The number of hydrogen-bond acceptors (Lipinski definition) is 7. The van der Waals surface area contributed by atoms with E-state index in [0.29, 0.717) is 16.8 Å². The van der Waals surface area contributed by atoms with Crippen LogP contribution in [0.3, 0.4) is 0 Å². The summed E-state index contributed by atoms with van der Waals surface area (Å²) < 4.78 is 32.4. The molecule has 4 rings (SSSR count). The molecule has 2 N–H and O–H groups in total. The Labute approximate surface area is 157 Å². The minimum Gasteiger partial charge on any atom is -0.449 e. The molecule has 10 heteroatoms. The van der Waals surface area contributed by atoms with Crippen LogP contribution in [0.5, 0.6) is 0 Å². The summed E-state index contributed by atoms with van der Waals surface area (Å²) in [5.74, 6) is -0.338. The molecule has 3 aromatic heterocycles. The summed E-state index contributed by atoms with van der Waals surface area (Å²) >= 11 is 1.18. The Balaban J connectivity index is 1.49. The van der Waals surface area contributed by atoms with Gasteiger partial charge in [0.1, 0.15) is 5.52 Å². The Morgan fingerprint density at radius 2 is 1.89 bits per heavy atom. The van der Waals surface area contributed by atoms with Gasteiger partial charge in [0.25, 0.3) is 15.9 Å². The molecule has 0 aliphatic rings. The normalized spacial score (nSPS) is 11.4. The summed E-state index contributed by atoms with van der Waals surface area (Å²) in [4.78, 5) is 20.4. The molecule has 0 saturated heterocycles. The van der Waals surface area contributed by atoms with E-state index in [9.17, 15) is 13.2 Å². The Morgan fingerprint density at radius 1 is 1.07 bits per heavy atom. The number of pyridine rings is 1. The number of fused-ring (bicyclic) bond motifs is 1. The van der Waals surface area contributed by atoms with E-state index in [1.807, 2.05) is 0 Å². The topological polar surface area (TPSA) is 114 Å². The number of hydrogen-bond donors (Lipinski definition) is 2. The molecule has 3 heterocycles. The number of amides is 1. The largest absolute Gasteiger partial charge is 0.449 e. The predicted molar refractivity (Wildman–Crippen MR) is 101 cm³/mol. The summed E-state index contributed by atoms with van der Waals surface area (Å²) in [6.07, 6.45) is 3.12. The molecule has 1 amide bonds. The molecule has 0 bridgehead atoms. The summed E-state index contributed by atoms with van der Waals surface area (Å²) in [5, 5.41) is 4.61. The second kappa shape index (κ2) is 6.82. The van der Waals surface area contributed by atoms with Crippen molar-refractivity contribution in [3.63, 3.8) is 0 Å². The Morgan fingerprint density at radius 3 is 2.59 bits per heavy atom. The smallest absolute Gasteiger partial charge is 0.291 e. The van der Waals surface area contributed by atoms with Crippen molar-refractivity contribution in [3.05, 3.63) is 66.0 Å². The number of rotatable bonds is 5. The van der Waals surface area contributed by atoms with E-state index in [-0.39, 0.29) is 15.8 Å². The monoisotopic (exact) mass is 400 g/mol. The second-order valence-corrected chi connectivity index (χ2v) is 8.00. The standard InChI is InChI=1S/C17H12N4O4S2/c22-16(15-10-13-14(25-15)2-1-7-18-13)20-11-3-5-12(6-4-11)27(23,24)21-17-19-8-9-26-17/h1-10H,(H,19,21)(H,20,22). The van der Waals surface area contributed by atoms with Crippen molar-refractivity contribution in [3.8, 4) is 0 Å². The third-order valence-electron chi connectivity index (χ3n) is 3.59. The van der Waals surface area contributed by atoms with Crippen LogP contribution in [-0.4, -0.2) is 24.3 Å². The van der Waals surface area contributed by atoms with Crippen molar-refractivity contribution in [2.45, 2.75) is 4.90 Å². The lowest BCUT2D eigenvalue weighted by Gasteiger charge is -2.07. The molecule has 0 radical (unpaired) electrons. The number of thiazole rings is 1. The number of nitrogens with one attached hydrogen (secondary N) is 2. The maximum atomic E-state index is 12.3. The fraction of sp³-hybridized carbons (Fsp3) is 0. The molecular weight excluding hydrogens is 388 g/mol. The third-order valence-corrected chi connectivity index (χ3v) is 5.76. The van der Waals surface area contributed by atoms with Gasteiger partial charge in [0.05, 0.1) is 4.90 Å². The number of furan rings is 1. The molecule has 0 atom stereocenters. The van der Waals surface area contributed by atoms with Gasteiger partial charge in [-0.2, -0.15) is 0 Å². The molecule has 0 aliphatic carbocycles. The highest BCUT2D eigenvalue weighted by Gasteiger charge is 2.17. The van der Waals surface area contributed by atoms with Crippen LogP contribution in [0.1, 0.15) is 10.6 Å². The zero-order valence-electron chi connectivity index (χ0n) is 13.6. The third kappa shape index (κ3) is 3.66. The molecule has 0 unspecified atom stereocenters. The summed E-state index contributed by atoms with van der Waals surface area (Å²) in [6.45, 7) is 0. The average Bonchev–Trinajstić information content (AvgIpc) is 3.31. The maximum Gasteiger partial charge on any atom is 0.291 e. The van der Waals surface area contributed by atoms with Crippen LogP contribution >= 0.6 is 11.3 Å². The molecular formula is C17H12N4O4S2. The average molecular weight is 400 g/mol. The van der Waals surface area contributed by atoms with Crippen molar-refractivity contribution in [2.75, 3.05) is 10.0 Å². The van der Waals surface area contributed by atoms with Crippen LogP contribution in [0.15, 0.2) is 69.6 Å². The van der Waals surface area contributed by atoms with Gasteiger partial charge in [-0.1, -0.05) is 0 Å². The SMILES string of the molecule is O=C(Nc1ccc(S(=O)(=O)Nc2nccs2)cc1)c1cc2ncccc2o1. The summed E-state index contributed by atoms with van der Waals surface area (Å²) in [5.41, 5.74) is 1.52. The van der Waals surface area contributed by atoms with E-state index in [1.165, 1.54) is 41.8 Å². The Bertz CT molecular complexity index is 1170. The summed E-state index contributed by atoms with van der Waals surface area (Å²) in [7, 11) is -3.74. The number of carbonyl (C=O) groups excluding carboxylic acids is 1. The Kier molecular flexibility index (Phi) is 4.34. The quantitative estimate of drug-likeness (QED) is 0.531. The lowest BCUT2D eigenvalue weighted by atomic mass is 10.3. The van der Waals surface area contributed by atoms with Crippen molar-refractivity contribution in [1.29, 1.82) is 0 Å². The lowest BCUT2D eigenvalue weighted by molar-refractivity contribution is 0.0998. The summed E-state index contributed by atoms with van der Waals surface area (Å²) in [6, 6.07) is 10.8. The van der Waals surface area contributed by atoms with Gasteiger partial charge in [0.15, 0.2) is 16.5 Å². The minimum atomic E-state index is -3.74. The molecule has 0 spiro atoms. The van der Waals surface area contributed by atoms with Gasteiger partial charge in [-0.3, -0.25) is 14.5 Å². The first kappa shape index (κ1) is 17.2. The van der Waals surface area contributed by atoms with Crippen LogP contribution in [0.2, 0.25) is 0 Å². The van der Waals surface area contributed by atoms with Crippen molar-refractivity contribution >= 4 is 49.2 Å². The fourth-order valence-corrected chi connectivity index (χ4v) is 4.13. The first-order valence-electron chi connectivity index (χ1n) is 7.69. The van der Waals surface area contributed by atoms with Crippen molar-refractivity contribution in [1.82, 2.24) is 9.97 Å². The maximum absolute atomic E-state index is 12.3. The predicted octanol–water partition coefficient (Wildman–Crippen LogP) is 3.34. The van der Waals surface area contributed by atoms with Crippen LogP contribution in [0.4, 0.5) is 10.8 Å². The molecule has 8 nitrogen and oxygen atoms in total. The Hall–Kier alpha value is -3.24. The van der Waals surface area contributed by atoms with E-state index in [1.54, 1.807) is 29.8 Å². The minimum absolute atomic E-state index is 0.0589. The number of anilines is 2. The second-order valence-electron chi connectivity index (χ2n) is 5.42. The van der Waals surface area contributed by atoms with Crippen LogP contribution in [0.25, 0.3) is 11.1 Å². The molecule has 0 aliphatic heterocycles. The van der Waals surface area contributed by atoms with Crippen molar-refractivity contribution < 1.29 is 17.6 Å². The van der Waals surface area contributed by atoms with Crippen LogP contribution < -0.4 is 10.0 Å². The first-order valence-corrected chi connectivity index (χ1v) is 10.1. The van der Waals surface area contributed by atoms with E-state index in [2.05, 4.69) is 20.0 Å². The first-order chi connectivity index (χ1) is 13.0. The molecule has 4 aromatic rings. The lowest BCUT2D eigenvalue weighted by Crippen LogP contribution is -2.13. The fourth-order valence-electron chi connectivity index (χ4n) is 2.34. The van der Waals surface area contributed by atoms with E-state index in [4.69, 9.17) is 4.42 Å². The highest BCUT2D eigenvalue weighted by molar-refractivity contribution is 7.93. The number of aromatic nitrogens is 2. The highest BCUT2D eigenvalue weighted by Crippen LogP contribution is 2.21. The van der Waals surface area contributed by atoms with Gasteiger partial charge >= 0.3 is 0 Å². The van der Waals surface area contributed by atoms with E-state index < -0.39 is 15.9 Å². The van der Waals surface area contributed by atoms with Crippen LogP contribution in [0, 0.1) is 0 Å². The molecule has 27 heavy (non-hydrogen) atoms. The zero-order valence-corrected chi connectivity index (χ0v) is 15.3. The van der Waals surface area contributed by atoms with Gasteiger partial charge < -0.3 is 9.73 Å². The van der Waals surface area contributed by atoms with Gasteiger partial charge in [-0.15, -0.1) is 11.3 Å². The number of benzene rings is 1. The van der Waals surface area contributed by atoms with Gasteiger partial charge in [0, 0.05) is 29.5 Å². The zero-order chi connectivity index (χ0) is 18.9. The van der Waals surface area contributed by atoms with Crippen molar-refractivity contribution in [2.24, 2.45) is 0 Å².